The van der Waals surface area contributed by atoms with E-state index in [1.54, 1.807) is 4.40 Å². The molecule has 6 heteroatoms. The van der Waals surface area contributed by atoms with E-state index < -0.39 is 5.97 Å². The Labute approximate surface area is 94.5 Å². The van der Waals surface area contributed by atoms with Crippen molar-refractivity contribution in [1.29, 1.82) is 0 Å². The highest BCUT2D eigenvalue weighted by atomic mass is 32.1. The van der Waals surface area contributed by atoms with Gasteiger partial charge in [-0.25, -0.2) is 9.78 Å². The monoisotopic (exact) mass is 233 g/mol. The first-order valence-electron chi connectivity index (χ1n) is 4.62. The fourth-order valence-corrected chi connectivity index (χ4v) is 2.34. The molecule has 16 heavy (non-hydrogen) atoms. The number of ether oxygens (including phenoxy) is 1. The normalized spacial score (nSPS) is 11.1. The maximum atomic E-state index is 11.5. The number of benzene rings is 1. The minimum absolute atomic E-state index is 0.274. The highest BCUT2D eigenvalue weighted by Gasteiger charge is 2.17. The molecule has 5 nitrogen and oxygen atoms in total. The molecule has 0 aliphatic carbocycles. The summed E-state index contributed by atoms with van der Waals surface area (Å²) in [4.78, 5) is 16.6. The quantitative estimate of drug-likeness (QED) is 0.601. The van der Waals surface area contributed by atoms with Crippen LogP contribution in [-0.2, 0) is 4.74 Å². The Bertz CT molecular complexity index is 686. The standard InChI is InChI=1S/C10H7N3O2S/c1-15-9(14)8-12-16-10-11-6-4-2-3-5-7(6)13(8)10/h2-5H,1H3. The molecule has 0 fully saturated rings. The predicted molar refractivity (Wildman–Crippen MR) is 59.7 cm³/mol. The molecule has 0 atom stereocenters. The third kappa shape index (κ3) is 1.13. The molecule has 80 valence electrons. The molecule has 3 rings (SSSR count). The Morgan fingerprint density at radius 2 is 2.25 bits per heavy atom. The fraction of sp³-hybridized carbons (Fsp3) is 0.100. The van der Waals surface area contributed by atoms with E-state index in [9.17, 15) is 4.79 Å². The first-order valence-corrected chi connectivity index (χ1v) is 5.40. The number of fused-ring (bicyclic) bond motifs is 3. The fourth-order valence-electron chi connectivity index (χ4n) is 1.61. The van der Waals surface area contributed by atoms with Crippen LogP contribution in [0, 0.1) is 0 Å². The number of methoxy groups -OCH3 is 1. The van der Waals surface area contributed by atoms with Crippen LogP contribution in [0.25, 0.3) is 16.0 Å². The van der Waals surface area contributed by atoms with Crippen LogP contribution in [0.3, 0.4) is 0 Å². The zero-order valence-corrected chi connectivity index (χ0v) is 9.19. The molecule has 0 spiro atoms. The van der Waals surface area contributed by atoms with Gasteiger partial charge in [0.2, 0.25) is 10.8 Å². The van der Waals surface area contributed by atoms with Crippen LogP contribution in [-0.4, -0.2) is 26.8 Å². The smallest absolute Gasteiger partial charge is 0.375 e. The Morgan fingerprint density at radius 1 is 1.44 bits per heavy atom. The van der Waals surface area contributed by atoms with Crippen LogP contribution in [0.4, 0.5) is 0 Å². The molecule has 0 saturated carbocycles. The van der Waals surface area contributed by atoms with Crippen molar-refractivity contribution >= 4 is 33.5 Å². The van der Waals surface area contributed by atoms with E-state index in [1.165, 1.54) is 18.6 Å². The van der Waals surface area contributed by atoms with Gasteiger partial charge in [0, 0.05) is 11.5 Å². The van der Waals surface area contributed by atoms with Crippen molar-refractivity contribution in [2.75, 3.05) is 7.11 Å². The van der Waals surface area contributed by atoms with Crippen molar-refractivity contribution in [3.63, 3.8) is 0 Å². The van der Waals surface area contributed by atoms with Crippen LogP contribution in [0.5, 0.6) is 0 Å². The number of carbonyl (C=O) groups is 1. The number of nitrogens with zero attached hydrogens (tertiary/aromatic N) is 3. The maximum absolute atomic E-state index is 11.5. The van der Waals surface area contributed by atoms with E-state index in [2.05, 4.69) is 14.1 Å². The van der Waals surface area contributed by atoms with Crippen LogP contribution in [0.15, 0.2) is 24.3 Å². The highest BCUT2D eigenvalue weighted by Crippen LogP contribution is 2.21. The summed E-state index contributed by atoms with van der Waals surface area (Å²) >= 11 is 1.18. The first kappa shape index (κ1) is 9.29. The molecule has 0 unspecified atom stereocenters. The van der Waals surface area contributed by atoms with Crippen LogP contribution < -0.4 is 0 Å². The maximum Gasteiger partial charge on any atom is 0.375 e. The summed E-state index contributed by atoms with van der Waals surface area (Å²) in [5, 5.41) is 0. The summed E-state index contributed by atoms with van der Waals surface area (Å²) in [5.41, 5.74) is 1.72. The van der Waals surface area contributed by atoms with Gasteiger partial charge in [-0.2, -0.15) is 4.37 Å². The Balaban J connectivity index is 2.43. The molecule has 0 amide bonds. The van der Waals surface area contributed by atoms with Gasteiger partial charge < -0.3 is 4.74 Å². The lowest BCUT2D eigenvalue weighted by Crippen LogP contribution is -2.06. The van der Waals surface area contributed by atoms with E-state index in [4.69, 9.17) is 0 Å². The highest BCUT2D eigenvalue weighted by molar-refractivity contribution is 7.11. The molecule has 1 aromatic carbocycles. The van der Waals surface area contributed by atoms with Crippen LogP contribution in [0.1, 0.15) is 10.6 Å². The van der Waals surface area contributed by atoms with Crippen molar-refractivity contribution in [2.24, 2.45) is 0 Å². The predicted octanol–water partition coefficient (Wildman–Crippen LogP) is 1.73. The third-order valence-electron chi connectivity index (χ3n) is 2.32. The van der Waals surface area contributed by atoms with Crippen molar-refractivity contribution in [2.45, 2.75) is 0 Å². The van der Waals surface area contributed by atoms with Gasteiger partial charge in [-0.1, -0.05) is 12.1 Å². The number of hydrogen-bond acceptors (Lipinski definition) is 5. The zero-order valence-electron chi connectivity index (χ0n) is 8.38. The Hall–Kier alpha value is -1.95. The van der Waals surface area contributed by atoms with E-state index in [0.717, 1.165) is 11.0 Å². The number of aromatic nitrogens is 3. The average molecular weight is 233 g/mol. The number of rotatable bonds is 1. The first-order chi connectivity index (χ1) is 7.81. The molecule has 2 aromatic heterocycles. The van der Waals surface area contributed by atoms with Crippen LogP contribution >= 0.6 is 11.5 Å². The molecule has 0 saturated heterocycles. The number of imidazole rings is 1. The van der Waals surface area contributed by atoms with E-state index >= 15 is 0 Å². The number of carbonyl (C=O) groups excluding carboxylic acids is 1. The molecule has 2 heterocycles. The average Bonchev–Trinajstić information content (AvgIpc) is 2.86. The molecule has 0 aliphatic heterocycles. The second-order valence-corrected chi connectivity index (χ2v) is 3.95. The van der Waals surface area contributed by atoms with Crippen molar-refractivity contribution in [3.05, 3.63) is 30.1 Å². The SMILES string of the molecule is COC(=O)c1nsc2nc3ccccc3n12. The Morgan fingerprint density at radius 3 is 3.06 bits per heavy atom. The van der Waals surface area contributed by atoms with Gasteiger partial charge >= 0.3 is 5.97 Å². The summed E-state index contributed by atoms with van der Waals surface area (Å²) in [6, 6.07) is 7.60. The summed E-state index contributed by atoms with van der Waals surface area (Å²) in [6.45, 7) is 0. The minimum atomic E-state index is -0.450. The van der Waals surface area contributed by atoms with Gasteiger partial charge in [-0.3, -0.25) is 4.40 Å². The van der Waals surface area contributed by atoms with Crippen molar-refractivity contribution in [1.82, 2.24) is 13.8 Å². The van der Waals surface area contributed by atoms with Gasteiger partial charge in [0.15, 0.2) is 0 Å². The van der Waals surface area contributed by atoms with Crippen LogP contribution in [0.2, 0.25) is 0 Å². The molecule has 0 radical (unpaired) electrons. The van der Waals surface area contributed by atoms with Gasteiger partial charge in [0.1, 0.15) is 0 Å². The number of hydrogen-bond donors (Lipinski definition) is 0. The minimum Gasteiger partial charge on any atom is -0.463 e. The second-order valence-electron chi connectivity index (χ2n) is 3.22. The molecular formula is C10H7N3O2S. The third-order valence-corrected chi connectivity index (χ3v) is 3.02. The summed E-state index contributed by atoms with van der Waals surface area (Å²) in [5.74, 6) is -0.175. The van der Waals surface area contributed by atoms with E-state index in [0.29, 0.717) is 4.96 Å². The number of esters is 1. The molecule has 0 bridgehead atoms. The largest absolute Gasteiger partial charge is 0.463 e. The zero-order chi connectivity index (χ0) is 11.1. The number of para-hydroxylation sites is 2. The topological polar surface area (TPSA) is 56.5 Å². The second kappa shape index (κ2) is 3.28. The molecule has 0 N–H and O–H groups in total. The van der Waals surface area contributed by atoms with Gasteiger partial charge in [-0.05, 0) is 12.1 Å². The summed E-state index contributed by atoms with van der Waals surface area (Å²) in [6.07, 6.45) is 0. The Kier molecular flexibility index (Phi) is 1.90. The van der Waals surface area contributed by atoms with Gasteiger partial charge in [0.25, 0.3) is 0 Å². The lowest BCUT2D eigenvalue weighted by Gasteiger charge is -1.95. The molecule has 0 aliphatic rings. The molecule has 3 aromatic rings. The lowest BCUT2D eigenvalue weighted by atomic mass is 10.3. The van der Waals surface area contributed by atoms with E-state index in [-0.39, 0.29) is 5.82 Å². The summed E-state index contributed by atoms with van der Waals surface area (Å²) in [7, 11) is 1.34. The van der Waals surface area contributed by atoms with Gasteiger partial charge in [0.05, 0.1) is 18.1 Å². The lowest BCUT2D eigenvalue weighted by molar-refractivity contribution is 0.0587. The van der Waals surface area contributed by atoms with Crippen molar-refractivity contribution < 1.29 is 9.53 Å². The summed E-state index contributed by atoms with van der Waals surface area (Å²) < 4.78 is 10.4. The molecular weight excluding hydrogens is 226 g/mol. The van der Waals surface area contributed by atoms with Crippen molar-refractivity contribution in [3.8, 4) is 0 Å². The van der Waals surface area contributed by atoms with E-state index in [1.807, 2.05) is 24.3 Å². The van der Waals surface area contributed by atoms with Gasteiger partial charge in [-0.15, -0.1) is 0 Å².